The van der Waals surface area contributed by atoms with Gasteiger partial charge in [0.05, 0.1) is 10.6 Å². The van der Waals surface area contributed by atoms with E-state index in [1.54, 1.807) is 5.38 Å². The first kappa shape index (κ1) is 18.3. The second-order valence-corrected chi connectivity index (χ2v) is 6.20. The predicted octanol–water partition coefficient (Wildman–Crippen LogP) is 4.65. The molecule has 0 radical (unpaired) electrons. The number of hydrogen-bond acceptors (Lipinski definition) is 5. The normalized spacial score (nSPS) is 10.9. The summed E-state index contributed by atoms with van der Waals surface area (Å²) in [6.07, 6.45) is 2.77. The Balaban J connectivity index is 1.65. The summed E-state index contributed by atoms with van der Waals surface area (Å²) in [4.78, 5) is 26.2. The summed E-state index contributed by atoms with van der Waals surface area (Å²) < 4.78 is 26.3. The topological polar surface area (TPSA) is 85.1 Å². The monoisotopic (exact) mass is 387 g/mol. The van der Waals surface area contributed by atoms with Crippen LogP contribution in [-0.2, 0) is 4.79 Å². The van der Waals surface area contributed by atoms with Crippen molar-refractivity contribution >= 4 is 34.1 Å². The molecule has 0 saturated carbocycles. The van der Waals surface area contributed by atoms with Crippen LogP contribution in [0.1, 0.15) is 5.56 Å². The van der Waals surface area contributed by atoms with E-state index in [1.165, 1.54) is 42.5 Å². The Morgan fingerprint density at radius 3 is 2.56 bits per heavy atom. The average molecular weight is 387 g/mol. The molecule has 0 bridgehead atoms. The van der Waals surface area contributed by atoms with Gasteiger partial charge in [-0.15, -0.1) is 11.3 Å². The summed E-state index contributed by atoms with van der Waals surface area (Å²) in [5.41, 5.74) is 1.39. The summed E-state index contributed by atoms with van der Waals surface area (Å²) >= 11 is 1.14. The number of nitrogens with zero attached hydrogens (tertiary/aromatic N) is 2. The first-order chi connectivity index (χ1) is 12.9. The third kappa shape index (κ3) is 4.59. The first-order valence-electron chi connectivity index (χ1n) is 7.57. The Labute approximate surface area is 156 Å². The maximum absolute atomic E-state index is 13.3. The summed E-state index contributed by atoms with van der Waals surface area (Å²) in [7, 11) is 0. The van der Waals surface area contributed by atoms with E-state index in [0.717, 1.165) is 23.5 Å². The molecule has 27 heavy (non-hydrogen) atoms. The van der Waals surface area contributed by atoms with Crippen molar-refractivity contribution in [1.82, 2.24) is 4.98 Å². The smallest absolute Gasteiger partial charge is 0.269 e. The van der Waals surface area contributed by atoms with Gasteiger partial charge in [0.1, 0.15) is 0 Å². The van der Waals surface area contributed by atoms with E-state index >= 15 is 0 Å². The van der Waals surface area contributed by atoms with Gasteiger partial charge in [-0.25, -0.2) is 13.8 Å². The molecular weight excluding hydrogens is 376 g/mol. The highest BCUT2D eigenvalue weighted by molar-refractivity contribution is 7.14. The number of nitro benzene ring substituents is 1. The van der Waals surface area contributed by atoms with E-state index in [1.807, 2.05) is 0 Å². The standard InChI is InChI=1S/C18H11F2N3O3S/c19-14-7-4-12(9-15(14)20)16-10-27-18(21-16)22-17(24)8-3-11-1-5-13(6-2-11)23(25)26/h1-10H,(H,21,22,24)/b8-3-. The lowest BCUT2D eigenvalue weighted by Crippen LogP contribution is -2.07. The minimum atomic E-state index is -0.975. The second kappa shape index (κ2) is 7.83. The van der Waals surface area contributed by atoms with Gasteiger partial charge in [-0.2, -0.15) is 0 Å². The molecule has 3 aromatic rings. The fourth-order valence-electron chi connectivity index (χ4n) is 2.15. The zero-order valence-electron chi connectivity index (χ0n) is 13.6. The van der Waals surface area contributed by atoms with E-state index < -0.39 is 22.5 Å². The van der Waals surface area contributed by atoms with Gasteiger partial charge in [0, 0.05) is 29.2 Å². The zero-order chi connectivity index (χ0) is 19.4. The molecule has 1 heterocycles. The molecule has 1 N–H and O–H groups in total. The van der Waals surface area contributed by atoms with Crippen LogP contribution in [0.3, 0.4) is 0 Å². The molecule has 1 amide bonds. The Morgan fingerprint density at radius 2 is 1.89 bits per heavy atom. The molecule has 6 nitrogen and oxygen atoms in total. The molecule has 0 fully saturated rings. The zero-order valence-corrected chi connectivity index (χ0v) is 14.4. The maximum Gasteiger partial charge on any atom is 0.269 e. The molecule has 0 aliphatic heterocycles. The maximum atomic E-state index is 13.3. The van der Waals surface area contributed by atoms with Crippen molar-refractivity contribution in [2.24, 2.45) is 0 Å². The van der Waals surface area contributed by atoms with Gasteiger partial charge < -0.3 is 0 Å². The number of aromatic nitrogens is 1. The Bertz CT molecular complexity index is 1030. The van der Waals surface area contributed by atoms with Gasteiger partial charge in [-0.1, -0.05) is 0 Å². The van der Waals surface area contributed by atoms with Gasteiger partial charge in [0.15, 0.2) is 16.8 Å². The second-order valence-electron chi connectivity index (χ2n) is 5.34. The molecule has 2 aromatic carbocycles. The van der Waals surface area contributed by atoms with E-state index in [4.69, 9.17) is 0 Å². The molecule has 3 rings (SSSR count). The highest BCUT2D eigenvalue weighted by Crippen LogP contribution is 2.26. The number of halogens is 2. The lowest BCUT2D eigenvalue weighted by Gasteiger charge is -1.98. The predicted molar refractivity (Wildman–Crippen MR) is 98.2 cm³/mol. The molecule has 0 aliphatic carbocycles. The fraction of sp³-hybridized carbons (Fsp3) is 0. The van der Waals surface area contributed by atoms with Crippen molar-refractivity contribution < 1.29 is 18.5 Å². The third-order valence-corrected chi connectivity index (χ3v) is 4.24. The van der Waals surface area contributed by atoms with E-state index in [9.17, 15) is 23.7 Å². The quantitative estimate of drug-likeness (QED) is 0.392. The summed E-state index contributed by atoms with van der Waals surface area (Å²) in [5, 5.41) is 15.1. The number of amides is 1. The highest BCUT2D eigenvalue weighted by atomic mass is 32.1. The van der Waals surface area contributed by atoms with Crippen LogP contribution in [0.25, 0.3) is 17.3 Å². The van der Waals surface area contributed by atoms with Crippen LogP contribution in [0.4, 0.5) is 19.6 Å². The largest absolute Gasteiger partial charge is 0.298 e. The molecule has 1 aromatic heterocycles. The Hall–Kier alpha value is -3.46. The van der Waals surface area contributed by atoms with Gasteiger partial charge >= 0.3 is 0 Å². The number of hydrogen-bond donors (Lipinski definition) is 1. The Morgan fingerprint density at radius 1 is 1.15 bits per heavy atom. The van der Waals surface area contributed by atoms with Crippen LogP contribution in [0.15, 0.2) is 53.9 Å². The number of carbonyl (C=O) groups excluding carboxylic acids is 1. The third-order valence-electron chi connectivity index (χ3n) is 3.48. The Kier molecular flexibility index (Phi) is 5.32. The summed E-state index contributed by atoms with van der Waals surface area (Å²) in [5.74, 6) is -2.37. The van der Waals surface area contributed by atoms with E-state index in [-0.39, 0.29) is 5.69 Å². The van der Waals surface area contributed by atoms with Crippen molar-refractivity contribution in [2.45, 2.75) is 0 Å². The van der Waals surface area contributed by atoms with Gasteiger partial charge in [-0.05, 0) is 42.0 Å². The number of anilines is 1. The van der Waals surface area contributed by atoms with Crippen molar-refractivity contribution in [3.63, 3.8) is 0 Å². The van der Waals surface area contributed by atoms with E-state index in [2.05, 4.69) is 10.3 Å². The number of benzene rings is 2. The first-order valence-corrected chi connectivity index (χ1v) is 8.45. The summed E-state index contributed by atoms with van der Waals surface area (Å²) in [6, 6.07) is 9.16. The van der Waals surface area contributed by atoms with Crippen LogP contribution < -0.4 is 5.32 Å². The van der Waals surface area contributed by atoms with Crippen molar-refractivity contribution in [1.29, 1.82) is 0 Å². The molecule has 136 valence electrons. The van der Waals surface area contributed by atoms with Gasteiger partial charge in [-0.3, -0.25) is 20.2 Å². The van der Waals surface area contributed by atoms with Crippen molar-refractivity contribution in [3.05, 3.63) is 81.2 Å². The van der Waals surface area contributed by atoms with Crippen LogP contribution in [0.5, 0.6) is 0 Å². The number of nitrogens with one attached hydrogen (secondary N) is 1. The number of carbonyl (C=O) groups is 1. The number of non-ortho nitro benzene ring substituents is 1. The summed E-state index contributed by atoms with van der Waals surface area (Å²) in [6.45, 7) is 0. The molecule has 0 saturated heterocycles. The van der Waals surface area contributed by atoms with Crippen molar-refractivity contribution in [3.8, 4) is 11.3 Å². The van der Waals surface area contributed by atoms with Gasteiger partial charge in [0.25, 0.3) is 5.69 Å². The molecule has 0 spiro atoms. The van der Waals surface area contributed by atoms with Crippen LogP contribution in [-0.4, -0.2) is 15.8 Å². The van der Waals surface area contributed by atoms with Crippen LogP contribution in [0, 0.1) is 21.7 Å². The van der Waals surface area contributed by atoms with E-state index in [0.29, 0.717) is 22.0 Å². The van der Waals surface area contributed by atoms with Crippen molar-refractivity contribution in [2.75, 3.05) is 5.32 Å². The molecule has 0 atom stereocenters. The number of nitro groups is 1. The number of thiazole rings is 1. The molecule has 9 heteroatoms. The fourth-order valence-corrected chi connectivity index (χ4v) is 2.87. The minimum absolute atomic E-state index is 0.0378. The average Bonchev–Trinajstić information content (AvgIpc) is 3.11. The lowest BCUT2D eigenvalue weighted by atomic mass is 10.2. The molecular formula is C18H11F2N3O3S. The SMILES string of the molecule is O=C(/C=C\c1ccc([N+](=O)[O-])cc1)Nc1nc(-c2ccc(F)c(F)c2)cs1. The highest BCUT2D eigenvalue weighted by Gasteiger charge is 2.09. The minimum Gasteiger partial charge on any atom is -0.298 e. The van der Waals surface area contributed by atoms with Crippen LogP contribution >= 0.6 is 11.3 Å². The molecule has 0 unspecified atom stereocenters. The molecule has 0 aliphatic rings. The van der Waals surface area contributed by atoms with Crippen LogP contribution in [0.2, 0.25) is 0 Å². The number of rotatable bonds is 5. The lowest BCUT2D eigenvalue weighted by molar-refractivity contribution is -0.384. The van der Waals surface area contributed by atoms with Gasteiger partial charge in [0.2, 0.25) is 5.91 Å².